The number of aromatic nitrogens is 1. The highest BCUT2D eigenvalue weighted by atomic mass is 19.4. The molecular weight excluding hydrogens is 335 g/mol. The van der Waals surface area contributed by atoms with E-state index in [1.165, 1.54) is 0 Å². The molecule has 1 aliphatic rings. The molecule has 0 fully saturated rings. The fraction of sp³-hybridized carbons (Fsp3) is 0.136. The van der Waals surface area contributed by atoms with Crippen molar-refractivity contribution in [3.8, 4) is 0 Å². The van der Waals surface area contributed by atoms with Crippen molar-refractivity contribution in [3.05, 3.63) is 89.8 Å². The molecule has 0 saturated heterocycles. The highest BCUT2D eigenvalue weighted by Crippen LogP contribution is 2.35. The number of rotatable bonds is 2. The molecule has 1 nitrogen and oxygen atoms in total. The number of allylic oxidation sites excluding steroid dienone is 4. The molecule has 1 aliphatic carbocycles. The van der Waals surface area contributed by atoms with Crippen LogP contribution in [-0.2, 0) is 6.18 Å². The van der Waals surface area contributed by atoms with Crippen molar-refractivity contribution in [1.29, 1.82) is 0 Å². The summed E-state index contributed by atoms with van der Waals surface area (Å²) in [7, 11) is 0. The van der Waals surface area contributed by atoms with Gasteiger partial charge in [-0.05, 0) is 59.2 Å². The zero-order valence-corrected chi connectivity index (χ0v) is 13.9. The molecule has 1 heterocycles. The summed E-state index contributed by atoms with van der Waals surface area (Å²) in [5.41, 5.74) is 3.16. The maximum absolute atomic E-state index is 12.8. The van der Waals surface area contributed by atoms with E-state index >= 15 is 0 Å². The van der Waals surface area contributed by atoms with Crippen LogP contribution in [-0.4, -0.2) is 4.98 Å². The predicted octanol–water partition coefficient (Wildman–Crippen LogP) is 6.51. The third-order valence-electron chi connectivity index (χ3n) is 4.64. The molecule has 0 bridgehead atoms. The van der Waals surface area contributed by atoms with E-state index in [1.807, 2.05) is 36.4 Å². The summed E-state index contributed by atoms with van der Waals surface area (Å²) in [4.78, 5) is 4.54. The molecule has 0 saturated carbocycles. The van der Waals surface area contributed by atoms with Crippen molar-refractivity contribution in [1.82, 2.24) is 4.98 Å². The number of fused-ring (bicyclic) bond motifs is 1. The molecule has 0 unspecified atom stereocenters. The second-order valence-corrected chi connectivity index (χ2v) is 6.32. The quantitative estimate of drug-likeness (QED) is 0.512. The monoisotopic (exact) mass is 351 g/mol. The Morgan fingerprint density at radius 2 is 1.65 bits per heavy atom. The van der Waals surface area contributed by atoms with Crippen LogP contribution < -0.4 is 0 Å². The number of hydrogen-bond acceptors (Lipinski definition) is 1. The fourth-order valence-electron chi connectivity index (χ4n) is 3.32. The molecule has 0 amide bonds. The second kappa shape index (κ2) is 6.45. The average Bonchev–Trinajstić information content (AvgIpc) is 2.67. The van der Waals surface area contributed by atoms with E-state index in [1.54, 1.807) is 18.3 Å². The van der Waals surface area contributed by atoms with Crippen LogP contribution in [0.3, 0.4) is 0 Å². The normalized spacial score (nSPS) is 14.9. The maximum atomic E-state index is 12.8. The van der Waals surface area contributed by atoms with E-state index in [4.69, 9.17) is 0 Å². The first-order valence-electron chi connectivity index (χ1n) is 8.45. The number of pyridine rings is 1. The molecule has 0 atom stereocenters. The summed E-state index contributed by atoms with van der Waals surface area (Å²) in [5.74, 6) is 0. The Kier molecular flexibility index (Phi) is 4.11. The Morgan fingerprint density at radius 1 is 0.885 bits per heavy atom. The Bertz CT molecular complexity index is 1010. The molecule has 0 N–H and O–H groups in total. The minimum atomic E-state index is -4.31. The lowest BCUT2D eigenvalue weighted by atomic mass is 9.91. The summed E-state index contributed by atoms with van der Waals surface area (Å²) < 4.78 is 38.3. The van der Waals surface area contributed by atoms with Crippen molar-refractivity contribution in [3.63, 3.8) is 0 Å². The van der Waals surface area contributed by atoms with Crippen molar-refractivity contribution in [2.75, 3.05) is 0 Å². The topological polar surface area (TPSA) is 12.9 Å². The Hall–Kier alpha value is -2.88. The minimum absolute atomic E-state index is 0.621. The molecule has 0 aliphatic heterocycles. The second-order valence-electron chi connectivity index (χ2n) is 6.32. The lowest BCUT2D eigenvalue weighted by Crippen LogP contribution is -2.04. The van der Waals surface area contributed by atoms with Crippen LogP contribution in [0.1, 0.15) is 29.7 Å². The van der Waals surface area contributed by atoms with Gasteiger partial charge in [-0.2, -0.15) is 13.2 Å². The summed E-state index contributed by atoms with van der Waals surface area (Å²) in [6.07, 6.45) is 3.31. The van der Waals surface area contributed by atoms with Gasteiger partial charge in [-0.15, -0.1) is 0 Å². The Morgan fingerprint density at radius 3 is 2.42 bits per heavy atom. The number of halogens is 3. The molecule has 0 radical (unpaired) electrons. The van der Waals surface area contributed by atoms with Crippen molar-refractivity contribution < 1.29 is 13.2 Å². The SMILES string of the molecule is FC(F)(F)c1ccc(C2=CC(c3nccc4ccccc34)=CCC2)cc1. The van der Waals surface area contributed by atoms with Gasteiger partial charge < -0.3 is 0 Å². The molecule has 130 valence electrons. The Balaban J connectivity index is 1.72. The highest BCUT2D eigenvalue weighted by molar-refractivity contribution is 5.97. The summed E-state index contributed by atoms with van der Waals surface area (Å²) in [6.45, 7) is 0. The van der Waals surface area contributed by atoms with E-state index < -0.39 is 11.7 Å². The third-order valence-corrected chi connectivity index (χ3v) is 4.64. The lowest BCUT2D eigenvalue weighted by molar-refractivity contribution is -0.137. The molecule has 26 heavy (non-hydrogen) atoms. The van der Waals surface area contributed by atoms with Gasteiger partial charge in [-0.3, -0.25) is 4.98 Å². The molecule has 4 rings (SSSR count). The summed E-state index contributed by atoms with van der Waals surface area (Å²) in [6, 6.07) is 15.4. The molecule has 3 aromatic rings. The van der Waals surface area contributed by atoms with E-state index in [-0.39, 0.29) is 0 Å². The maximum Gasteiger partial charge on any atom is 0.416 e. The van der Waals surface area contributed by atoms with Gasteiger partial charge in [0, 0.05) is 11.6 Å². The van der Waals surface area contributed by atoms with Crippen LogP contribution in [0, 0.1) is 0 Å². The van der Waals surface area contributed by atoms with Gasteiger partial charge in [0.05, 0.1) is 11.3 Å². The summed E-state index contributed by atoms with van der Waals surface area (Å²) >= 11 is 0. The summed E-state index contributed by atoms with van der Waals surface area (Å²) in [5, 5.41) is 2.19. The number of benzene rings is 2. The largest absolute Gasteiger partial charge is 0.416 e. The smallest absolute Gasteiger partial charge is 0.256 e. The fourth-order valence-corrected chi connectivity index (χ4v) is 3.32. The van der Waals surface area contributed by atoms with Crippen LogP contribution in [0.25, 0.3) is 21.9 Å². The zero-order chi connectivity index (χ0) is 18.1. The minimum Gasteiger partial charge on any atom is -0.256 e. The first-order valence-corrected chi connectivity index (χ1v) is 8.45. The van der Waals surface area contributed by atoms with E-state index in [0.717, 1.165) is 58.2 Å². The van der Waals surface area contributed by atoms with Gasteiger partial charge in [0.15, 0.2) is 0 Å². The molecule has 2 aromatic carbocycles. The predicted molar refractivity (Wildman–Crippen MR) is 98.4 cm³/mol. The first-order chi connectivity index (χ1) is 12.5. The molecular formula is C22H16F3N. The standard InChI is InChI=1S/C22H16F3N/c23-22(24,25)19-10-8-15(9-11-19)17-5-3-6-18(14-17)21-20-7-2-1-4-16(20)12-13-26-21/h1-2,4,6-14H,3,5H2. The number of hydrogen-bond donors (Lipinski definition) is 0. The zero-order valence-electron chi connectivity index (χ0n) is 13.9. The van der Waals surface area contributed by atoms with Crippen molar-refractivity contribution in [2.24, 2.45) is 0 Å². The lowest BCUT2D eigenvalue weighted by Gasteiger charge is -2.16. The van der Waals surface area contributed by atoms with Gasteiger partial charge in [0.1, 0.15) is 0 Å². The molecule has 4 heteroatoms. The number of nitrogens with zero attached hydrogens (tertiary/aromatic N) is 1. The van der Waals surface area contributed by atoms with E-state index in [2.05, 4.69) is 11.1 Å². The van der Waals surface area contributed by atoms with Gasteiger partial charge in [0.25, 0.3) is 0 Å². The average molecular weight is 351 g/mol. The third kappa shape index (κ3) is 3.15. The first kappa shape index (κ1) is 16.6. The van der Waals surface area contributed by atoms with Crippen LogP contribution in [0.15, 0.2) is 72.9 Å². The van der Waals surface area contributed by atoms with Crippen LogP contribution in [0.5, 0.6) is 0 Å². The van der Waals surface area contributed by atoms with Crippen molar-refractivity contribution in [2.45, 2.75) is 19.0 Å². The molecule has 0 spiro atoms. The van der Waals surface area contributed by atoms with Crippen LogP contribution in [0.2, 0.25) is 0 Å². The molecule has 1 aromatic heterocycles. The van der Waals surface area contributed by atoms with Crippen LogP contribution in [0.4, 0.5) is 13.2 Å². The van der Waals surface area contributed by atoms with E-state index in [0.29, 0.717) is 0 Å². The number of alkyl halides is 3. The van der Waals surface area contributed by atoms with Gasteiger partial charge >= 0.3 is 6.18 Å². The van der Waals surface area contributed by atoms with Gasteiger partial charge in [-0.25, -0.2) is 0 Å². The Labute approximate surface area is 149 Å². The highest BCUT2D eigenvalue weighted by Gasteiger charge is 2.30. The van der Waals surface area contributed by atoms with Crippen LogP contribution >= 0.6 is 0 Å². The van der Waals surface area contributed by atoms with Gasteiger partial charge in [0.2, 0.25) is 0 Å². The van der Waals surface area contributed by atoms with Gasteiger partial charge in [-0.1, -0.05) is 42.5 Å². The van der Waals surface area contributed by atoms with Crippen molar-refractivity contribution >= 4 is 21.9 Å². The van der Waals surface area contributed by atoms with E-state index in [9.17, 15) is 13.2 Å².